The molecule has 20 heavy (non-hydrogen) atoms. The maximum absolute atomic E-state index is 11.5. The molecule has 0 saturated heterocycles. The van der Waals surface area contributed by atoms with Crippen molar-refractivity contribution in [1.29, 1.82) is 0 Å². The van der Waals surface area contributed by atoms with Crippen LogP contribution in [0.1, 0.15) is 37.2 Å². The number of aromatic nitrogens is 2. The number of hydrogen-bond donors (Lipinski definition) is 1. The fourth-order valence-corrected chi connectivity index (χ4v) is 1.75. The molecule has 5 nitrogen and oxygen atoms in total. The van der Waals surface area contributed by atoms with Crippen LogP contribution in [0.5, 0.6) is 0 Å². The van der Waals surface area contributed by atoms with E-state index >= 15 is 0 Å². The van der Waals surface area contributed by atoms with Gasteiger partial charge in [0.2, 0.25) is 11.8 Å². The third kappa shape index (κ3) is 3.81. The minimum Gasteiger partial charge on any atom is -0.343 e. The molecule has 0 saturated carbocycles. The van der Waals surface area contributed by atoms with Crippen LogP contribution in [0.15, 0.2) is 34.9 Å². The number of amides is 1. The van der Waals surface area contributed by atoms with Crippen LogP contribution in [0.4, 0.5) is 0 Å². The van der Waals surface area contributed by atoms with Gasteiger partial charge in [0.25, 0.3) is 0 Å². The highest BCUT2D eigenvalue weighted by Gasteiger charge is 2.18. The summed E-state index contributed by atoms with van der Waals surface area (Å²) in [7, 11) is 0. The first kappa shape index (κ1) is 14.5. The van der Waals surface area contributed by atoms with Gasteiger partial charge in [-0.1, -0.05) is 35.5 Å². The van der Waals surface area contributed by atoms with Gasteiger partial charge in [0.1, 0.15) is 11.4 Å². The van der Waals surface area contributed by atoms with Crippen molar-refractivity contribution in [3.63, 3.8) is 0 Å². The lowest BCUT2D eigenvalue weighted by atomic mass is 10.1. The van der Waals surface area contributed by atoms with E-state index in [9.17, 15) is 4.79 Å². The molecule has 0 fully saturated rings. The lowest BCUT2D eigenvalue weighted by Gasteiger charge is -2.10. The molecule has 2 aromatic rings. The van der Waals surface area contributed by atoms with Gasteiger partial charge in [-0.2, -0.15) is 4.98 Å². The Morgan fingerprint density at radius 2 is 2.05 bits per heavy atom. The molecule has 0 aliphatic carbocycles. The smallest absolute Gasteiger partial charge is 0.248 e. The van der Waals surface area contributed by atoms with Gasteiger partial charge < -0.3 is 9.84 Å². The molecular formula is C14H16ClN3O2. The van der Waals surface area contributed by atoms with E-state index in [2.05, 4.69) is 15.5 Å². The van der Waals surface area contributed by atoms with Crippen molar-refractivity contribution in [2.45, 2.75) is 31.7 Å². The van der Waals surface area contributed by atoms with Crippen LogP contribution in [-0.2, 0) is 11.2 Å². The van der Waals surface area contributed by atoms with E-state index < -0.39 is 5.38 Å². The highest BCUT2D eigenvalue weighted by molar-refractivity contribution is 6.30. The first-order chi connectivity index (χ1) is 9.56. The lowest BCUT2D eigenvalue weighted by molar-refractivity contribution is -0.121. The molecule has 1 amide bonds. The number of rotatable bonds is 5. The average molecular weight is 294 g/mol. The van der Waals surface area contributed by atoms with Crippen molar-refractivity contribution in [3.05, 3.63) is 47.6 Å². The molecule has 6 heteroatoms. The molecule has 0 aliphatic rings. The van der Waals surface area contributed by atoms with Gasteiger partial charge in [-0.15, -0.1) is 11.6 Å². The number of benzene rings is 1. The van der Waals surface area contributed by atoms with Crippen molar-refractivity contribution >= 4 is 17.5 Å². The van der Waals surface area contributed by atoms with Crippen molar-refractivity contribution in [1.82, 2.24) is 15.5 Å². The summed E-state index contributed by atoms with van der Waals surface area (Å²) >= 11 is 5.69. The van der Waals surface area contributed by atoms with Crippen LogP contribution in [0.2, 0.25) is 0 Å². The second kappa shape index (κ2) is 6.52. The molecule has 1 aromatic heterocycles. The van der Waals surface area contributed by atoms with Crippen LogP contribution in [0.3, 0.4) is 0 Å². The Morgan fingerprint density at radius 1 is 1.35 bits per heavy atom. The number of nitrogens with zero attached hydrogens (tertiary/aromatic N) is 2. The normalized spacial score (nSPS) is 13.8. The first-order valence-electron chi connectivity index (χ1n) is 6.37. The fourth-order valence-electron chi connectivity index (χ4n) is 1.68. The van der Waals surface area contributed by atoms with Crippen LogP contribution >= 0.6 is 11.6 Å². The zero-order valence-electron chi connectivity index (χ0n) is 11.3. The largest absolute Gasteiger partial charge is 0.343 e. The lowest BCUT2D eigenvalue weighted by Crippen LogP contribution is -2.32. The molecule has 0 spiro atoms. The molecule has 2 unspecified atom stereocenters. The Kier molecular flexibility index (Phi) is 4.74. The summed E-state index contributed by atoms with van der Waals surface area (Å²) < 4.78 is 5.16. The van der Waals surface area contributed by atoms with E-state index in [0.717, 1.165) is 5.56 Å². The van der Waals surface area contributed by atoms with Crippen LogP contribution in [0, 0.1) is 0 Å². The minimum absolute atomic E-state index is 0.262. The number of hydrogen-bond acceptors (Lipinski definition) is 4. The summed E-state index contributed by atoms with van der Waals surface area (Å²) in [4.78, 5) is 15.8. The van der Waals surface area contributed by atoms with Crippen molar-refractivity contribution in [3.8, 4) is 0 Å². The molecule has 0 aliphatic heterocycles. The van der Waals surface area contributed by atoms with Gasteiger partial charge >= 0.3 is 0 Å². The van der Waals surface area contributed by atoms with Gasteiger partial charge in [0, 0.05) is 6.42 Å². The molecular weight excluding hydrogens is 278 g/mol. The van der Waals surface area contributed by atoms with Gasteiger partial charge in [0.05, 0.1) is 0 Å². The maximum Gasteiger partial charge on any atom is 0.248 e. The Hall–Kier alpha value is -1.88. The molecule has 2 atom stereocenters. The highest BCUT2D eigenvalue weighted by atomic mass is 35.5. The van der Waals surface area contributed by atoms with Gasteiger partial charge in [0.15, 0.2) is 5.82 Å². The summed E-state index contributed by atoms with van der Waals surface area (Å²) in [5, 5.41) is 6.03. The van der Waals surface area contributed by atoms with E-state index in [1.165, 1.54) is 0 Å². The summed E-state index contributed by atoms with van der Waals surface area (Å²) in [6, 6.07) is 9.51. The summed E-state index contributed by atoms with van der Waals surface area (Å²) in [5.41, 5.74) is 1.10. The third-order valence-corrected chi connectivity index (χ3v) is 2.98. The summed E-state index contributed by atoms with van der Waals surface area (Å²) in [6.45, 7) is 3.38. The van der Waals surface area contributed by atoms with Crippen LogP contribution < -0.4 is 5.32 Å². The Bertz CT molecular complexity index is 569. The minimum atomic E-state index is -0.593. The topological polar surface area (TPSA) is 68.0 Å². The van der Waals surface area contributed by atoms with E-state index in [1.807, 2.05) is 30.3 Å². The second-order valence-corrected chi connectivity index (χ2v) is 5.21. The zero-order valence-corrected chi connectivity index (χ0v) is 12.1. The zero-order chi connectivity index (χ0) is 14.5. The standard InChI is InChI=1S/C14H16ClN3O2/c1-9(15)13(19)16-10(2)14-17-12(18-20-14)8-11-6-4-3-5-7-11/h3-7,9-10H,8H2,1-2H3,(H,16,19). The quantitative estimate of drug-likeness (QED) is 0.860. The van der Waals surface area contributed by atoms with E-state index in [-0.39, 0.29) is 11.9 Å². The number of halogens is 1. The van der Waals surface area contributed by atoms with Crippen molar-refractivity contribution < 1.29 is 9.32 Å². The van der Waals surface area contributed by atoms with E-state index in [4.69, 9.17) is 16.1 Å². The molecule has 106 valence electrons. The molecule has 0 radical (unpaired) electrons. The van der Waals surface area contributed by atoms with Crippen molar-refractivity contribution in [2.75, 3.05) is 0 Å². The predicted molar refractivity (Wildman–Crippen MR) is 75.4 cm³/mol. The van der Waals surface area contributed by atoms with E-state index in [0.29, 0.717) is 18.1 Å². The van der Waals surface area contributed by atoms with Crippen LogP contribution in [-0.4, -0.2) is 21.4 Å². The SMILES string of the molecule is CC(Cl)C(=O)NC(C)c1nc(Cc2ccccc2)no1. The predicted octanol–water partition coefficient (Wildman–Crippen LogP) is 2.46. The monoisotopic (exact) mass is 293 g/mol. The van der Waals surface area contributed by atoms with Crippen molar-refractivity contribution in [2.24, 2.45) is 0 Å². The second-order valence-electron chi connectivity index (χ2n) is 4.56. The van der Waals surface area contributed by atoms with Gasteiger partial charge in [-0.3, -0.25) is 4.79 Å². The van der Waals surface area contributed by atoms with Crippen LogP contribution in [0.25, 0.3) is 0 Å². The molecule has 1 N–H and O–H groups in total. The average Bonchev–Trinajstić information content (AvgIpc) is 2.88. The first-order valence-corrected chi connectivity index (χ1v) is 6.80. The Balaban J connectivity index is 2.00. The van der Waals surface area contributed by atoms with Gasteiger partial charge in [-0.25, -0.2) is 0 Å². The number of nitrogens with one attached hydrogen (secondary N) is 1. The molecule has 1 heterocycles. The van der Waals surface area contributed by atoms with E-state index in [1.54, 1.807) is 13.8 Å². The summed E-state index contributed by atoms with van der Waals surface area (Å²) in [5.74, 6) is 0.704. The number of carbonyl (C=O) groups excluding carboxylic acids is 1. The Morgan fingerprint density at radius 3 is 2.70 bits per heavy atom. The fraction of sp³-hybridized carbons (Fsp3) is 0.357. The number of carbonyl (C=O) groups is 1. The molecule has 2 rings (SSSR count). The molecule has 0 bridgehead atoms. The summed E-state index contributed by atoms with van der Waals surface area (Å²) in [6.07, 6.45) is 0.594. The Labute approximate surface area is 122 Å². The highest BCUT2D eigenvalue weighted by Crippen LogP contribution is 2.12. The number of alkyl halides is 1. The third-order valence-electron chi connectivity index (χ3n) is 2.78. The van der Waals surface area contributed by atoms with Gasteiger partial charge in [-0.05, 0) is 19.4 Å². The maximum atomic E-state index is 11.5. The molecule has 1 aromatic carbocycles.